The molecule has 2 aromatic heterocycles. The number of aliphatic hydroxyl groups excluding tert-OH is 1. The molecule has 0 aliphatic carbocycles. The molecule has 0 saturated heterocycles. The summed E-state index contributed by atoms with van der Waals surface area (Å²) in [5.41, 5.74) is 4.73. The van der Waals surface area contributed by atoms with Crippen LogP contribution in [-0.4, -0.2) is 19.6 Å². The van der Waals surface area contributed by atoms with E-state index in [1.807, 2.05) is 77.5 Å². The van der Waals surface area contributed by atoms with Gasteiger partial charge in [0.15, 0.2) is 0 Å². The van der Waals surface area contributed by atoms with Crippen molar-refractivity contribution in [2.45, 2.75) is 12.6 Å². The zero-order chi connectivity index (χ0) is 17.8. The van der Waals surface area contributed by atoms with Crippen LogP contribution in [-0.2, 0) is 6.54 Å². The highest BCUT2D eigenvalue weighted by Crippen LogP contribution is 2.22. The standard InChI is InChI=1S/C22H19N3O/c26-22(19-9-5-2-6-10-19)21-14-23-16-25(21)15-17-11-12-20(24-13-17)18-7-3-1-4-8-18/h1-14,16,22,26H,15H2. The van der Waals surface area contributed by atoms with Crippen molar-refractivity contribution in [3.63, 3.8) is 0 Å². The first kappa shape index (κ1) is 16.2. The SMILES string of the molecule is OC(c1ccccc1)c1cncn1Cc1ccc(-c2ccccc2)nc1. The van der Waals surface area contributed by atoms with Crippen molar-refractivity contribution >= 4 is 0 Å². The predicted octanol–water partition coefficient (Wildman–Crippen LogP) is 4.08. The number of rotatable bonds is 5. The third-order valence-electron chi connectivity index (χ3n) is 4.39. The fourth-order valence-corrected chi connectivity index (χ4v) is 2.99. The molecule has 4 rings (SSSR count). The molecular formula is C22H19N3O. The van der Waals surface area contributed by atoms with Crippen LogP contribution in [0.25, 0.3) is 11.3 Å². The summed E-state index contributed by atoms with van der Waals surface area (Å²) < 4.78 is 1.96. The van der Waals surface area contributed by atoms with E-state index < -0.39 is 6.10 Å². The Morgan fingerprint density at radius 3 is 2.27 bits per heavy atom. The van der Waals surface area contributed by atoms with Crippen LogP contribution in [0.2, 0.25) is 0 Å². The summed E-state index contributed by atoms with van der Waals surface area (Å²) in [6.45, 7) is 0.612. The zero-order valence-electron chi connectivity index (χ0n) is 14.2. The molecule has 4 heteroatoms. The van der Waals surface area contributed by atoms with Crippen LogP contribution in [0.3, 0.4) is 0 Å². The summed E-state index contributed by atoms with van der Waals surface area (Å²) in [7, 11) is 0. The minimum Gasteiger partial charge on any atom is -0.382 e. The molecule has 0 aliphatic rings. The number of nitrogens with zero attached hydrogens (tertiary/aromatic N) is 3. The van der Waals surface area contributed by atoms with E-state index in [1.54, 1.807) is 12.5 Å². The average molecular weight is 341 g/mol. The normalized spacial score (nSPS) is 12.0. The molecule has 0 fully saturated rings. The van der Waals surface area contributed by atoms with Gasteiger partial charge in [-0.2, -0.15) is 0 Å². The lowest BCUT2D eigenvalue weighted by Gasteiger charge is -2.14. The molecule has 0 bridgehead atoms. The molecule has 0 radical (unpaired) electrons. The topological polar surface area (TPSA) is 50.9 Å². The van der Waals surface area contributed by atoms with Gasteiger partial charge >= 0.3 is 0 Å². The van der Waals surface area contributed by atoms with E-state index in [0.717, 1.165) is 28.1 Å². The molecule has 0 spiro atoms. The van der Waals surface area contributed by atoms with E-state index in [2.05, 4.69) is 16.0 Å². The number of hydrogen-bond acceptors (Lipinski definition) is 3. The number of aliphatic hydroxyl groups is 1. The molecule has 1 atom stereocenters. The van der Waals surface area contributed by atoms with Gasteiger partial charge in [0.25, 0.3) is 0 Å². The van der Waals surface area contributed by atoms with E-state index in [-0.39, 0.29) is 0 Å². The molecule has 26 heavy (non-hydrogen) atoms. The Kier molecular flexibility index (Phi) is 4.58. The van der Waals surface area contributed by atoms with Gasteiger partial charge in [0.1, 0.15) is 6.10 Å². The summed E-state index contributed by atoms with van der Waals surface area (Å²) in [5.74, 6) is 0. The van der Waals surface area contributed by atoms with Gasteiger partial charge in [-0.05, 0) is 17.2 Å². The van der Waals surface area contributed by atoms with Crippen LogP contribution in [0.4, 0.5) is 0 Å². The third-order valence-corrected chi connectivity index (χ3v) is 4.39. The summed E-state index contributed by atoms with van der Waals surface area (Å²) in [4.78, 5) is 8.78. The van der Waals surface area contributed by atoms with Gasteiger partial charge in [0.05, 0.1) is 30.5 Å². The number of aromatic nitrogens is 3. The lowest BCUT2D eigenvalue weighted by Crippen LogP contribution is -2.09. The molecule has 128 valence electrons. The van der Waals surface area contributed by atoms with Crippen LogP contribution in [0.15, 0.2) is 91.5 Å². The number of hydrogen-bond donors (Lipinski definition) is 1. The first-order chi connectivity index (χ1) is 12.8. The molecule has 1 unspecified atom stereocenters. The molecule has 0 saturated carbocycles. The monoisotopic (exact) mass is 341 g/mol. The Hall–Kier alpha value is -3.24. The van der Waals surface area contributed by atoms with Crippen LogP contribution in [0.5, 0.6) is 0 Å². The van der Waals surface area contributed by atoms with Crippen molar-refractivity contribution in [2.75, 3.05) is 0 Å². The van der Waals surface area contributed by atoms with Crippen LogP contribution in [0, 0.1) is 0 Å². The van der Waals surface area contributed by atoms with E-state index in [4.69, 9.17) is 0 Å². The van der Waals surface area contributed by atoms with Crippen LogP contribution < -0.4 is 0 Å². The summed E-state index contributed by atoms with van der Waals surface area (Å²) in [6.07, 6.45) is 4.63. The Balaban J connectivity index is 1.54. The van der Waals surface area contributed by atoms with E-state index in [9.17, 15) is 5.11 Å². The second kappa shape index (κ2) is 7.33. The van der Waals surface area contributed by atoms with Gasteiger partial charge in [0, 0.05) is 11.8 Å². The number of imidazole rings is 1. The molecule has 0 aliphatic heterocycles. The molecule has 4 aromatic rings. The molecule has 0 amide bonds. The second-order valence-corrected chi connectivity index (χ2v) is 6.18. The predicted molar refractivity (Wildman–Crippen MR) is 102 cm³/mol. The number of pyridine rings is 1. The lowest BCUT2D eigenvalue weighted by molar-refractivity contribution is 0.210. The lowest BCUT2D eigenvalue weighted by atomic mass is 10.1. The summed E-state index contributed by atoms with van der Waals surface area (Å²) in [6, 6.07) is 23.8. The Morgan fingerprint density at radius 2 is 1.58 bits per heavy atom. The van der Waals surface area contributed by atoms with Crippen molar-refractivity contribution in [1.29, 1.82) is 0 Å². The highest BCUT2D eigenvalue weighted by molar-refractivity contribution is 5.58. The van der Waals surface area contributed by atoms with Crippen molar-refractivity contribution in [3.8, 4) is 11.3 Å². The molecule has 2 aromatic carbocycles. The largest absolute Gasteiger partial charge is 0.382 e. The highest BCUT2D eigenvalue weighted by Gasteiger charge is 2.15. The maximum absolute atomic E-state index is 10.7. The quantitative estimate of drug-likeness (QED) is 0.595. The first-order valence-corrected chi connectivity index (χ1v) is 8.54. The average Bonchev–Trinajstić information content (AvgIpc) is 3.17. The third kappa shape index (κ3) is 3.41. The summed E-state index contributed by atoms with van der Waals surface area (Å²) >= 11 is 0. The Bertz CT molecular complexity index is 963. The maximum atomic E-state index is 10.7. The van der Waals surface area contributed by atoms with Gasteiger partial charge in [-0.1, -0.05) is 66.7 Å². The van der Waals surface area contributed by atoms with Crippen molar-refractivity contribution in [3.05, 3.63) is 108 Å². The Morgan fingerprint density at radius 1 is 0.846 bits per heavy atom. The molecular weight excluding hydrogens is 322 g/mol. The van der Waals surface area contributed by atoms with E-state index in [1.165, 1.54) is 0 Å². The van der Waals surface area contributed by atoms with Crippen LogP contribution >= 0.6 is 0 Å². The van der Waals surface area contributed by atoms with Crippen molar-refractivity contribution in [2.24, 2.45) is 0 Å². The highest BCUT2D eigenvalue weighted by atomic mass is 16.3. The van der Waals surface area contributed by atoms with Crippen molar-refractivity contribution in [1.82, 2.24) is 14.5 Å². The molecule has 4 nitrogen and oxygen atoms in total. The smallest absolute Gasteiger partial charge is 0.121 e. The first-order valence-electron chi connectivity index (χ1n) is 8.54. The van der Waals surface area contributed by atoms with Gasteiger partial charge < -0.3 is 9.67 Å². The Labute approximate surface area is 152 Å². The zero-order valence-corrected chi connectivity index (χ0v) is 14.2. The van der Waals surface area contributed by atoms with Gasteiger partial charge in [0.2, 0.25) is 0 Å². The second-order valence-electron chi connectivity index (χ2n) is 6.18. The van der Waals surface area contributed by atoms with Gasteiger partial charge in [-0.3, -0.25) is 4.98 Å². The van der Waals surface area contributed by atoms with Gasteiger partial charge in [-0.25, -0.2) is 4.98 Å². The number of benzene rings is 2. The maximum Gasteiger partial charge on any atom is 0.121 e. The summed E-state index contributed by atoms with van der Waals surface area (Å²) in [5, 5.41) is 10.7. The van der Waals surface area contributed by atoms with E-state index in [0.29, 0.717) is 6.54 Å². The minimum absolute atomic E-state index is 0.612. The van der Waals surface area contributed by atoms with E-state index >= 15 is 0 Å². The minimum atomic E-state index is -0.699. The molecule has 2 heterocycles. The van der Waals surface area contributed by atoms with Crippen LogP contribution in [0.1, 0.15) is 22.9 Å². The fraction of sp³-hybridized carbons (Fsp3) is 0.0909. The van der Waals surface area contributed by atoms with Gasteiger partial charge in [-0.15, -0.1) is 0 Å². The fourth-order valence-electron chi connectivity index (χ4n) is 2.99. The molecule has 1 N–H and O–H groups in total. The van der Waals surface area contributed by atoms with Crippen molar-refractivity contribution < 1.29 is 5.11 Å².